The molecule has 0 bridgehead atoms. The van der Waals surface area contributed by atoms with Crippen molar-refractivity contribution < 1.29 is 0 Å². The van der Waals surface area contributed by atoms with Gasteiger partial charge in [-0.2, -0.15) is 0 Å². The summed E-state index contributed by atoms with van der Waals surface area (Å²) in [5, 5.41) is 5.86. The molecule has 3 nitrogen and oxygen atoms in total. The fourth-order valence-electron chi connectivity index (χ4n) is 3.02. The van der Waals surface area contributed by atoms with E-state index in [-0.39, 0.29) is 0 Å². The molecule has 0 atom stereocenters. The van der Waals surface area contributed by atoms with Gasteiger partial charge in [0.2, 0.25) is 0 Å². The molecule has 0 saturated carbocycles. The van der Waals surface area contributed by atoms with Crippen LogP contribution in [-0.4, -0.2) is 22.3 Å². The molecule has 3 rings (SSSR count). The molecule has 0 radical (unpaired) electrons. The number of thiophene rings is 1. The van der Waals surface area contributed by atoms with Gasteiger partial charge in [0.25, 0.3) is 0 Å². The van der Waals surface area contributed by atoms with Gasteiger partial charge in [-0.25, -0.2) is 9.97 Å². The van der Waals surface area contributed by atoms with Gasteiger partial charge >= 0.3 is 0 Å². The molecule has 0 spiro atoms. The largest absolute Gasteiger partial charge is 0.367 e. The van der Waals surface area contributed by atoms with E-state index in [0.29, 0.717) is 6.04 Å². The maximum atomic E-state index is 4.78. The molecule has 2 aromatic heterocycles. The molecule has 0 aromatic carbocycles. The van der Waals surface area contributed by atoms with Gasteiger partial charge in [-0.1, -0.05) is 25.6 Å². The minimum Gasteiger partial charge on any atom is -0.367 e. The second-order valence-corrected chi connectivity index (χ2v) is 7.46. The molecule has 0 fully saturated rings. The van der Waals surface area contributed by atoms with Crippen molar-refractivity contribution >= 4 is 39.1 Å². The second-order valence-electron chi connectivity index (χ2n) is 5.61. The molecule has 21 heavy (non-hydrogen) atoms. The van der Waals surface area contributed by atoms with Crippen molar-refractivity contribution in [2.75, 3.05) is 11.6 Å². The molecule has 1 aliphatic carbocycles. The third kappa shape index (κ3) is 2.90. The highest BCUT2D eigenvalue weighted by Gasteiger charge is 2.21. The first-order chi connectivity index (χ1) is 10.3. The molecular weight excluding hydrogens is 298 g/mol. The summed E-state index contributed by atoms with van der Waals surface area (Å²) < 4.78 is 0. The molecule has 114 valence electrons. The summed E-state index contributed by atoms with van der Waals surface area (Å²) in [6, 6.07) is 0.497. The monoisotopic (exact) mass is 321 g/mol. The summed E-state index contributed by atoms with van der Waals surface area (Å²) in [5.74, 6) is 1.07. The lowest BCUT2D eigenvalue weighted by Gasteiger charge is -2.18. The third-order valence-electron chi connectivity index (χ3n) is 4.30. The van der Waals surface area contributed by atoms with Crippen molar-refractivity contribution in [3.8, 4) is 0 Å². The minimum atomic E-state index is 0.497. The maximum Gasteiger partial charge on any atom is 0.190 e. The highest BCUT2D eigenvalue weighted by Crippen LogP contribution is 2.39. The Labute approximate surface area is 135 Å². The Kier molecular flexibility index (Phi) is 4.69. The molecule has 1 aliphatic rings. The van der Waals surface area contributed by atoms with Crippen LogP contribution in [0.4, 0.5) is 5.82 Å². The Bertz CT molecular complexity index is 632. The normalized spacial score (nSPS) is 14.7. The van der Waals surface area contributed by atoms with Crippen LogP contribution in [0.3, 0.4) is 0 Å². The van der Waals surface area contributed by atoms with Crippen molar-refractivity contribution in [2.24, 2.45) is 0 Å². The highest BCUT2D eigenvalue weighted by atomic mass is 32.2. The summed E-state index contributed by atoms with van der Waals surface area (Å²) in [7, 11) is 0. The van der Waals surface area contributed by atoms with E-state index in [1.54, 1.807) is 11.8 Å². The van der Waals surface area contributed by atoms with Crippen LogP contribution in [0.15, 0.2) is 5.16 Å². The number of hydrogen-bond donors (Lipinski definition) is 1. The van der Waals surface area contributed by atoms with Gasteiger partial charge < -0.3 is 5.32 Å². The molecular formula is C16H23N3S2. The third-order valence-corrected chi connectivity index (χ3v) is 6.04. The van der Waals surface area contributed by atoms with Gasteiger partial charge in [-0.15, -0.1) is 11.3 Å². The van der Waals surface area contributed by atoms with E-state index in [9.17, 15) is 0 Å². The number of fused-ring (bicyclic) bond motifs is 3. The SMILES string of the molecule is CCC(CC)Nc1nc(SC)nc2sc3c(c12)CCCC3. The number of anilines is 1. The topological polar surface area (TPSA) is 37.8 Å². The van der Waals surface area contributed by atoms with E-state index < -0.39 is 0 Å². The number of nitrogens with zero attached hydrogens (tertiary/aromatic N) is 2. The van der Waals surface area contributed by atoms with Gasteiger partial charge in [0.15, 0.2) is 5.16 Å². The fourth-order valence-corrected chi connectivity index (χ4v) is 4.70. The lowest BCUT2D eigenvalue weighted by Crippen LogP contribution is -2.18. The highest BCUT2D eigenvalue weighted by molar-refractivity contribution is 7.98. The zero-order chi connectivity index (χ0) is 14.8. The number of aryl methyl sites for hydroxylation is 2. The predicted molar refractivity (Wildman–Crippen MR) is 93.8 cm³/mol. The summed E-state index contributed by atoms with van der Waals surface area (Å²) in [6.45, 7) is 4.47. The van der Waals surface area contributed by atoms with Crippen LogP contribution in [0.25, 0.3) is 10.2 Å². The first-order valence-corrected chi connectivity index (χ1v) is 9.93. The van der Waals surface area contributed by atoms with Gasteiger partial charge in [-0.05, 0) is 50.3 Å². The van der Waals surface area contributed by atoms with Gasteiger partial charge in [0.1, 0.15) is 10.6 Å². The van der Waals surface area contributed by atoms with Crippen LogP contribution in [0.5, 0.6) is 0 Å². The van der Waals surface area contributed by atoms with Crippen LogP contribution >= 0.6 is 23.1 Å². The molecule has 0 saturated heterocycles. The zero-order valence-electron chi connectivity index (χ0n) is 13.0. The maximum absolute atomic E-state index is 4.78. The van der Waals surface area contributed by atoms with E-state index >= 15 is 0 Å². The molecule has 1 N–H and O–H groups in total. The summed E-state index contributed by atoms with van der Waals surface area (Å²) in [4.78, 5) is 12.2. The average molecular weight is 322 g/mol. The number of rotatable bonds is 5. The smallest absolute Gasteiger partial charge is 0.190 e. The van der Waals surface area contributed by atoms with E-state index in [4.69, 9.17) is 9.97 Å². The van der Waals surface area contributed by atoms with E-state index in [2.05, 4.69) is 25.4 Å². The van der Waals surface area contributed by atoms with Crippen LogP contribution in [0.2, 0.25) is 0 Å². The first kappa shape index (κ1) is 15.1. The fraction of sp³-hybridized carbons (Fsp3) is 0.625. The molecule has 0 unspecified atom stereocenters. The van der Waals surface area contributed by atoms with E-state index in [1.807, 2.05) is 11.3 Å². The van der Waals surface area contributed by atoms with Crippen LogP contribution in [-0.2, 0) is 12.8 Å². The van der Waals surface area contributed by atoms with Gasteiger partial charge in [0.05, 0.1) is 5.39 Å². The lowest BCUT2D eigenvalue weighted by molar-refractivity contribution is 0.667. The van der Waals surface area contributed by atoms with E-state index in [1.165, 1.54) is 46.3 Å². The van der Waals surface area contributed by atoms with Crippen LogP contribution in [0.1, 0.15) is 50.0 Å². The Balaban J connectivity index is 2.12. The van der Waals surface area contributed by atoms with Crippen molar-refractivity contribution in [3.05, 3.63) is 10.4 Å². The van der Waals surface area contributed by atoms with Crippen LogP contribution in [0, 0.1) is 0 Å². The van der Waals surface area contributed by atoms with Crippen molar-refractivity contribution in [1.82, 2.24) is 9.97 Å². The molecule has 5 heteroatoms. The quantitative estimate of drug-likeness (QED) is 0.628. The summed E-state index contributed by atoms with van der Waals surface area (Å²) in [5.41, 5.74) is 1.52. The molecule has 0 aliphatic heterocycles. The minimum absolute atomic E-state index is 0.497. The molecule has 0 amide bonds. The Morgan fingerprint density at radius 1 is 1.19 bits per heavy atom. The second kappa shape index (κ2) is 6.53. The first-order valence-electron chi connectivity index (χ1n) is 7.89. The van der Waals surface area contributed by atoms with Gasteiger partial charge in [-0.3, -0.25) is 0 Å². The Morgan fingerprint density at radius 3 is 2.67 bits per heavy atom. The number of nitrogens with one attached hydrogen (secondary N) is 1. The Hall–Kier alpha value is -0.810. The number of hydrogen-bond acceptors (Lipinski definition) is 5. The number of aromatic nitrogens is 2. The van der Waals surface area contributed by atoms with Gasteiger partial charge in [0, 0.05) is 10.9 Å². The van der Waals surface area contributed by atoms with E-state index in [0.717, 1.165) is 23.8 Å². The average Bonchev–Trinajstić information content (AvgIpc) is 2.90. The summed E-state index contributed by atoms with van der Waals surface area (Å²) >= 11 is 3.51. The Morgan fingerprint density at radius 2 is 1.95 bits per heavy atom. The summed E-state index contributed by atoms with van der Waals surface area (Å²) in [6.07, 6.45) is 9.33. The lowest BCUT2D eigenvalue weighted by atomic mass is 9.97. The predicted octanol–water partition coefficient (Wildman–Crippen LogP) is 4.89. The van der Waals surface area contributed by atoms with Crippen molar-refractivity contribution in [2.45, 2.75) is 63.6 Å². The zero-order valence-corrected chi connectivity index (χ0v) is 14.7. The molecule has 2 heterocycles. The number of thioether (sulfide) groups is 1. The standard InChI is InChI=1S/C16H23N3S2/c1-4-10(5-2)17-14-13-11-8-6-7-9-12(11)21-15(13)19-16(18-14)20-3/h10H,4-9H2,1-3H3,(H,17,18,19). The van der Waals surface area contributed by atoms with Crippen molar-refractivity contribution in [1.29, 1.82) is 0 Å². The molecule has 2 aromatic rings. The van der Waals surface area contributed by atoms with Crippen molar-refractivity contribution in [3.63, 3.8) is 0 Å². The van der Waals surface area contributed by atoms with Crippen LogP contribution < -0.4 is 5.32 Å².